The minimum atomic E-state index is -0.287. The van der Waals surface area contributed by atoms with Crippen LogP contribution in [0.15, 0.2) is 0 Å². The summed E-state index contributed by atoms with van der Waals surface area (Å²) in [4.78, 5) is 0. The van der Waals surface area contributed by atoms with Crippen molar-refractivity contribution < 1.29 is 17.1 Å². The van der Waals surface area contributed by atoms with E-state index < -0.39 is 0 Å². The first-order valence-corrected chi connectivity index (χ1v) is 8.80. The van der Waals surface area contributed by atoms with Crippen LogP contribution in [0.5, 0.6) is 0 Å². The summed E-state index contributed by atoms with van der Waals surface area (Å²) in [7, 11) is -0.287. The van der Waals surface area contributed by atoms with E-state index in [9.17, 15) is 0 Å². The summed E-state index contributed by atoms with van der Waals surface area (Å²) in [6.45, 7) is 6.97. The zero-order chi connectivity index (χ0) is 9.94. The molecule has 0 saturated carbocycles. The molecule has 1 radical (unpaired) electrons. The maximum absolute atomic E-state index is 2.32. The molecule has 0 bridgehead atoms. The van der Waals surface area contributed by atoms with Crippen molar-refractivity contribution in [3.63, 3.8) is 0 Å². The first kappa shape index (κ1) is 17.3. The molecular weight excluding hydrogens is 239 g/mol. The van der Waals surface area contributed by atoms with Crippen LogP contribution in [0.1, 0.15) is 59.3 Å². The molecule has 0 spiro atoms. The monoisotopic (exact) mass is 267 g/mol. The summed E-state index contributed by atoms with van der Waals surface area (Å²) in [6, 6.07) is 0. The van der Waals surface area contributed by atoms with E-state index in [0.29, 0.717) is 0 Å². The zero-order valence-corrected chi connectivity index (χ0v) is 12.3. The molecule has 14 heavy (non-hydrogen) atoms. The van der Waals surface area contributed by atoms with E-state index in [0.717, 1.165) is 0 Å². The summed E-state index contributed by atoms with van der Waals surface area (Å²) in [5, 5.41) is 0. The van der Waals surface area contributed by atoms with Crippen LogP contribution in [0, 0.1) is 0 Å². The Labute approximate surface area is 103 Å². The Morgan fingerprint density at radius 3 is 1.14 bits per heavy atom. The van der Waals surface area contributed by atoms with E-state index in [1.165, 1.54) is 38.5 Å². The fourth-order valence-corrected chi connectivity index (χ4v) is 5.73. The van der Waals surface area contributed by atoms with Gasteiger partial charge in [-0.15, -0.1) is 0 Å². The molecule has 0 aromatic rings. The largest absolute Gasteiger partial charge is 0 e. The normalized spacial score (nSPS) is 10.9. The van der Waals surface area contributed by atoms with Gasteiger partial charge in [0.15, 0.2) is 0 Å². The van der Waals surface area contributed by atoms with Crippen LogP contribution in [0.3, 0.4) is 0 Å². The van der Waals surface area contributed by atoms with Crippen molar-refractivity contribution in [1.29, 1.82) is 0 Å². The molecule has 0 rings (SSSR count). The van der Waals surface area contributed by atoms with Crippen molar-refractivity contribution in [1.82, 2.24) is 0 Å². The summed E-state index contributed by atoms with van der Waals surface area (Å²) >= 11 is 0. The summed E-state index contributed by atoms with van der Waals surface area (Å²) in [6.07, 6.45) is 13.6. The van der Waals surface area contributed by atoms with Crippen LogP contribution in [-0.2, 0) is 17.1 Å². The van der Waals surface area contributed by atoms with Gasteiger partial charge in [-0.05, 0) is 0 Å². The second-order valence-electron chi connectivity index (χ2n) is 4.29. The average molecular weight is 268 g/mol. The third-order valence-corrected chi connectivity index (χ3v) is 6.57. The molecular formula is C12H29CuP. The van der Waals surface area contributed by atoms with Crippen LogP contribution < -0.4 is 0 Å². The third kappa shape index (κ3) is 11.0. The fraction of sp³-hybridized carbons (Fsp3) is 1.00. The number of hydrogen-bond acceptors (Lipinski definition) is 0. The van der Waals surface area contributed by atoms with Gasteiger partial charge < -0.3 is 0 Å². The Morgan fingerprint density at radius 1 is 0.643 bits per heavy atom. The summed E-state index contributed by atoms with van der Waals surface area (Å²) < 4.78 is 0. The van der Waals surface area contributed by atoms with Crippen molar-refractivity contribution in [2.45, 2.75) is 59.3 Å². The van der Waals surface area contributed by atoms with Crippen LogP contribution in [0.25, 0.3) is 0 Å². The van der Waals surface area contributed by atoms with E-state index in [1.54, 1.807) is 18.5 Å². The Bertz CT molecular complexity index is 77.3. The molecule has 0 nitrogen and oxygen atoms in total. The van der Waals surface area contributed by atoms with Gasteiger partial charge in [-0.2, -0.15) is 0 Å². The second-order valence-corrected chi connectivity index (χ2v) is 7.76. The molecule has 0 aliphatic heterocycles. The molecule has 0 amide bonds. The molecule has 0 fully saturated rings. The van der Waals surface area contributed by atoms with E-state index >= 15 is 0 Å². The van der Waals surface area contributed by atoms with Crippen molar-refractivity contribution >= 4 is 7.92 Å². The molecule has 0 heterocycles. The minimum absolute atomic E-state index is 0. The SMILES string of the molecule is CCCC[PH2](CCCC)CCCC.[Cu]. The fourth-order valence-electron chi connectivity index (χ4n) is 1.91. The van der Waals surface area contributed by atoms with Gasteiger partial charge in [0, 0.05) is 17.1 Å². The Kier molecular flexibility index (Phi) is 17.3. The summed E-state index contributed by atoms with van der Waals surface area (Å²) in [5.74, 6) is 0. The predicted molar refractivity (Wildman–Crippen MR) is 69.0 cm³/mol. The minimum Gasteiger partial charge on any atom is 0 e. The molecule has 0 aliphatic rings. The maximum Gasteiger partial charge on any atom is 0 e. The average Bonchev–Trinajstić information content (AvgIpc) is 2.17. The van der Waals surface area contributed by atoms with Crippen molar-refractivity contribution in [2.75, 3.05) is 18.5 Å². The van der Waals surface area contributed by atoms with Gasteiger partial charge in [-0.1, -0.05) is 0 Å². The first-order chi connectivity index (χ1) is 6.35. The molecule has 2 heteroatoms. The predicted octanol–water partition coefficient (Wildman–Crippen LogP) is 4.33. The van der Waals surface area contributed by atoms with Crippen LogP contribution >= 0.6 is 7.92 Å². The molecule has 0 saturated heterocycles. The number of rotatable bonds is 9. The Hall–Kier alpha value is 0.949. The first-order valence-electron chi connectivity index (χ1n) is 6.35. The van der Waals surface area contributed by atoms with E-state index in [-0.39, 0.29) is 25.0 Å². The van der Waals surface area contributed by atoms with Crippen molar-refractivity contribution in [2.24, 2.45) is 0 Å². The smallest absolute Gasteiger partial charge is 0 e. The zero-order valence-electron chi connectivity index (χ0n) is 10.2. The maximum atomic E-state index is 2.32. The standard InChI is InChI=1S/C12H29P.Cu/c1-4-7-10-13(11-8-5-2)12-9-6-3;/h4-13H2,1-3H3;. The van der Waals surface area contributed by atoms with Gasteiger partial charge in [-0.25, -0.2) is 0 Å². The van der Waals surface area contributed by atoms with E-state index in [1.807, 2.05) is 0 Å². The van der Waals surface area contributed by atoms with Gasteiger partial charge >= 0.3 is 85.7 Å². The van der Waals surface area contributed by atoms with Crippen LogP contribution in [0.4, 0.5) is 0 Å². The quantitative estimate of drug-likeness (QED) is 0.431. The molecule has 0 unspecified atom stereocenters. The Morgan fingerprint density at radius 2 is 0.929 bits per heavy atom. The third-order valence-electron chi connectivity index (χ3n) is 2.90. The van der Waals surface area contributed by atoms with Gasteiger partial charge in [0.05, 0.1) is 0 Å². The number of unbranched alkanes of at least 4 members (excludes halogenated alkanes) is 3. The van der Waals surface area contributed by atoms with Crippen molar-refractivity contribution in [3.8, 4) is 0 Å². The van der Waals surface area contributed by atoms with Crippen molar-refractivity contribution in [3.05, 3.63) is 0 Å². The Balaban J connectivity index is 0. The number of hydrogen-bond donors (Lipinski definition) is 0. The van der Waals surface area contributed by atoms with Gasteiger partial charge in [0.2, 0.25) is 0 Å². The molecule has 0 N–H and O–H groups in total. The van der Waals surface area contributed by atoms with E-state index in [2.05, 4.69) is 20.8 Å². The molecule has 93 valence electrons. The summed E-state index contributed by atoms with van der Waals surface area (Å²) in [5.41, 5.74) is 0. The topological polar surface area (TPSA) is 0 Å². The van der Waals surface area contributed by atoms with Gasteiger partial charge in [-0.3, -0.25) is 0 Å². The van der Waals surface area contributed by atoms with Crippen LogP contribution in [0.2, 0.25) is 0 Å². The van der Waals surface area contributed by atoms with Crippen LogP contribution in [-0.4, -0.2) is 18.5 Å². The second kappa shape index (κ2) is 13.9. The van der Waals surface area contributed by atoms with Gasteiger partial charge in [0.25, 0.3) is 0 Å². The molecule has 0 aliphatic carbocycles. The van der Waals surface area contributed by atoms with E-state index in [4.69, 9.17) is 0 Å². The molecule has 0 aromatic carbocycles. The van der Waals surface area contributed by atoms with Gasteiger partial charge in [0.1, 0.15) is 0 Å². The molecule has 0 atom stereocenters. The molecule has 0 aromatic heterocycles.